The molecule has 0 amide bonds. The van der Waals surface area contributed by atoms with Crippen LogP contribution in [-0.4, -0.2) is 43.3 Å². The van der Waals surface area contributed by atoms with E-state index in [1.165, 1.54) is 0 Å². The van der Waals surface area contributed by atoms with E-state index >= 15 is 0 Å². The molecule has 0 unspecified atom stereocenters. The van der Waals surface area contributed by atoms with Gasteiger partial charge in [-0.3, -0.25) is 0 Å². The Kier molecular flexibility index (Phi) is 4.22. The fraction of sp³-hybridized carbons (Fsp3) is 0.857. The molecular formula is C7H2F10O5. The Labute approximate surface area is 112 Å². The minimum Gasteiger partial charge on any atom is -0.363 e. The zero-order valence-electron chi connectivity index (χ0n) is 9.53. The highest BCUT2D eigenvalue weighted by Crippen LogP contribution is 2.44. The molecule has 1 rings (SSSR count). The van der Waals surface area contributed by atoms with E-state index < -0.39 is 43.3 Å². The van der Waals surface area contributed by atoms with Gasteiger partial charge < -0.3 is 14.2 Å². The van der Waals surface area contributed by atoms with Crippen LogP contribution in [0.3, 0.4) is 0 Å². The molecular weight excluding hydrogens is 354 g/mol. The normalized spacial score (nSPS) is 19.3. The molecule has 1 heterocycles. The number of carbonyl (C=O) groups is 1. The summed E-state index contributed by atoms with van der Waals surface area (Å²) in [6.45, 7) is -2.42. The molecule has 1 aliphatic heterocycles. The molecule has 0 saturated carbocycles. The van der Waals surface area contributed by atoms with Crippen molar-refractivity contribution in [2.75, 3.05) is 6.61 Å². The summed E-state index contributed by atoms with van der Waals surface area (Å²) in [5.74, 6) is -3.91. The summed E-state index contributed by atoms with van der Waals surface area (Å²) in [6, 6.07) is 0. The van der Waals surface area contributed by atoms with E-state index in [-0.39, 0.29) is 0 Å². The fourth-order valence-corrected chi connectivity index (χ4v) is 0.906. The molecule has 1 saturated heterocycles. The van der Waals surface area contributed by atoms with Crippen molar-refractivity contribution in [3.8, 4) is 0 Å². The first-order valence-electron chi connectivity index (χ1n) is 4.67. The predicted molar refractivity (Wildman–Crippen MR) is 39.3 cm³/mol. The molecule has 0 spiro atoms. The van der Waals surface area contributed by atoms with Crippen molar-refractivity contribution < 1.29 is 67.6 Å². The molecule has 0 aliphatic carbocycles. The lowest BCUT2D eigenvalue weighted by Gasteiger charge is -2.40. The van der Waals surface area contributed by atoms with Crippen LogP contribution in [0.5, 0.6) is 0 Å². The summed E-state index contributed by atoms with van der Waals surface area (Å²) in [4.78, 5) is 10.3. The van der Waals surface area contributed by atoms with Crippen LogP contribution in [0, 0.1) is 0 Å². The molecule has 0 aromatic rings. The highest BCUT2D eigenvalue weighted by molar-refractivity contribution is 5.65. The van der Waals surface area contributed by atoms with Gasteiger partial charge in [0.05, 0.1) is 0 Å². The Hall–Kier alpha value is -1.51. The molecule has 0 aromatic heterocycles. The third-order valence-electron chi connectivity index (χ3n) is 1.85. The molecule has 0 N–H and O–H groups in total. The Morgan fingerprint density at radius 1 is 0.818 bits per heavy atom. The topological polar surface area (TPSA) is 54.0 Å². The summed E-state index contributed by atoms with van der Waals surface area (Å²) in [6.07, 6.45) is -26.7. The van der Waals surface area contributed by atoms with Crippen LogP contribution in [0.15, 0.2) is 0 Å². The van der Waals surface area contributed by atoms with Gasteiger partial charge in [-0.1, -0.05) is 0 Å². The molecule has 1 fully saturated rings. The molecule has 5 nitrogen and oxygen atoms in total. The van der Waals surface area contributed by atoms with E-state index in [1.807, 2.05) is 0 Å². The maximum absolute atomic E-state index is 12.5. The molecule has 1 aliphatic rings. The van der Waals surface area contributed by atoms with Gasteiger partial charge in [-0.2, -0.15) is 43.9 Å². The van der Waals surface area contributed by atoms with Gasteiger partial charge in [-0.15, -0.1) is 0 Å². The van der Waals surface area contributed by atoms with Crippen molar-refractivity contribution >= 4 is 6.16 Å². The van der Waals surface area contributed by atoms with Crippen LogP contribution in [0.25, 0.3) is 0 Å². The van der Waals surface area contributed by atoms with Crippen molar-refractivity contribution in [1.29, 1.82) is 0 Å². The molecule has 0 aromatic carbocycles. The van der Waals surface area contributed by atoms with E-state index in [9.17, 15) is 48.7 Å². The summed E-state index contributed by atoms with van der Waals surface area (Å²) in [7, 11) is 0. The Morgan fingerprint density at radius 3 is 1.55 bits per heavy atom. The number of cyclic esters (lactones) is 2. The van der Waals surface area contributed by atoms with Crippen LogP contribution >= 0.6 is 0 Å². The van der Waals surface area contributed by atoms with Gasteiger partial charge in [0, 0.05) is 0 Å². The first kappa shape index (κ1) is 18.5. The quantitative estimate of drug-likeness (QED) is 0.560. The first-order chi connectivity index (χ1) is 9.52. The molecule has 130 valence electrons. The lowest BCUT2D eigenvalue weighted by Crippen LogP contribution is -2.62. The van der Waals surface area contributed by atoms with Gasteiger partial charge in [0.25, 0.3) is 0 Å². The van der Waals surface area contributed by atoms with Crippen molar-refractivity contribution in [3.05, 3.63) is 0 Å². The van der Waals surface area contributed by atoms with E-state index in [0.717, 1.165) is 0 Å². The van der Waals surface area contributed by atoms with Crippen LogP contribution in [-0.2, 0) is 18.9 Å². The SMILES string of the molecule is O=C1OC(COC(F)(F)C(F)(F)F)(OC(F)(F)C(F)(F)F)O1. The van der Waals surface area contributed by atoms with E-state index in [0.29, 0.717) is 0 Å². The van der Waals surface area contributed by atoms with Crippen molar-refractivity contribution in [2.45, 2.75) is 30.5 Å². The average molecular weight is 356 g/mol. The second-order valence-electron chi connectivity index (χ2n) is 3.56. The Bertz CT molecular complexity index is 432. The van der Waals surface area contributed by atoms with Gasteiger partial charge in [0.2, 0.25) is 0 Å². The van der Waals surface area contributed by atoms with Crippen LogP contribution in [0.1, 0.15) is 0 Å². The van der Waals surface area contributed by atoms with Gasteiger partial charge in [-0.25, -0.2) is 9.53 Å². The average Bonchev–Trinajstić information content (AvgIpc) is 2.20. The van der Waals surface area contributed by atoms with Gasteiger partial charge in [-0.05, 0) is 0 Å². The number of alkyl halides is 10. The zero-order chi connectivity index (χ0) is 17.6. The smallest absolute Gasteiger partial charge is 0.363 e. The van der Waals surface area contributed by atoms with E-state index in [2.05, 4.69) is 18.9 Å². The number of halogens is 10. The number of ether oxygens (including phenoxy) is 4. The monoisotopic (exact) mass is 356 g/mol. The molecule has 0 atom stereocenters. The van der Waals surface area contributed by atoms with Crippen LogP contribution in [0.4, 0.5) is 48.7 Å². The molecule has 0 radical (unpaired) electrons. The summed E-state index contributed by atoms with van der Waals surface area (Å²) in [5.41, 5.74) is 0. The third-order valence-corrected chi connectivity index (χ3v) is 1.85. The minimum absolute atomic E-state index is 1.96. The van der Waals surface area contributed by atoms with Crippen molar-refractivity contribution in [3.63, 3.8) is 0 Å². The summed E-state index contributed by atoms with van der Waals surface area (Å²) in [5, 5.41) is 0. The Balaban J connectivity index is 2.84. The number of hydrogen-bond acceptors (Lipinski definition) is 5. The second kappa shape index (κ2) is 5.00. The lowest BCUT2D eigenvalue weighted by molar-refractivity contribution is -0.529. The standard InChI is InChI=1S/C7H2F10O5/c8-4(9,10)6(14,15)19-1-3(20-2(18)21-3)22-7(16,17)5(11,12)13/h1H2. The van der Waals surface area contributed by atoms with Gasteiger partial charge in [0.15, 0.2) is 6.61 Å². The van der Waals surface area contributed by atoms with Gasteiger partial charge >= 0.3 is 36.7 Å². The van der Waals surface area contributed by atoms with E-state index in [4.69, 9.17) is 0 Å². The first-order valence-corrected chi connectivity index (χ1v) is 4.67. The second-order valence-corrected chi connectivity index (χ2v) is 3.56. The molecule has 15 heteroatoms. The number of rotatable bonds is 5. The maximum atomic E-state index is 12.5. The van der Waals surface area contributed by atoms with Crippen molar-refractivity contribution in [2.24, 2.45) is 0 Å². The van der Waals surface area contributed by atoms with Crippen LogP contribution < -0.4 is 0 Å². The molecule has 0 bridgehead atoms. The fourth-order valence-electron chi connectivity index (χ4n) is 0.906. The maximum Gasteiger partial charge on any atom is 0.518 e. The number of hydrogen-bond donors (Lipinski definition) is 0. The predicted octanol–water partition coefficient (Wildman–Crippen LogP) is 3.15. The van der Waals surface area contributed by atoms with Crippen molar-refractivity contribution in [1.82, 2.24) is 0 Å². The lowest BCUT2D eigenvalue weighted by atomic mass is 10.5. The highest BCUT2D eigenvalue weighted by atomic mass is 19.4. The third kappa shape index (κ3) is 3.63. The summed E-state index contributed by atoms with van der Waals surface area (Å²) < 4.78 is 133. The van der Waals surface area contributed by atoms with E-state index in [1.54, 1.807) is 0 Å². The number of carbonyl (C=O) groups excluding carboxylic acids is 1. The zero-order valence-corrected chi connectivity index (χ0v) is 9.53. The minimum atomic E-state index is -6.40. The highest BCUT2D eigenvalue weighted by Gasteiger charge is 2.69. The Morgan fingerprint density at radius 2 is 1.23 bits per heavy atom. The molecule has 22 heavy (non-hydrogen) atoms. The largest absolute Gasteiger partial charge is 0.518 e. The van der Waals surface area contributed by atoms with Crippen LogP contribution in [0.2, 0.25) is 0 Å². The summed E-state index contributed by atoms with van der Waals surface area (Å²) >= 11 is 0. The van der Waals surface area contributed by atoms with Gasteiger partial charge in [0.1, 0.15) is 0 Å².